The van der Waals surface area contributed by atoms with Crippen molar-refractivity contribution in [1.29, 1.82) is 0 Å². The summed E-state index contributed by atoms with van der Waals surface area (Å²) in [6.07, 6.45) is 7.77. The van der Waals surface area contributed by atoms with Crippen LogP contribution in [0.15, 0.2) is 288 Å². The Morgan fingerprint density at radius 1 is 0.245 bits per heavy atom. The molecule has 0 N–H and O–H groups in total. The number of rotatable bonds is 4. The van der Waals surface area contributed by atoms with Crippen molar-refractivity contribution >= 4 is 226 Å². The molecule has 450 valence electrons. The van der Waals surface area contributed by atoms with E-state index in [1.807, 2.05) is 47.5 Å². The van der Waals surface area contributed by atoms with Gasteiger partial charge in [-0.05, 0) is 181 Å². The Balaban J connectivity index is 0.809. The average molecular weight is 1280 g/mol. The van der Waals surface area contributed by atoms with Crippen LogP contribution in [0.5, 0.6) is 0 Å². The van der Waals surface area contributed by atoms with E-state index < -0.39 is 0 Å². The second kappa shape index (κ2) is 18.7. The summed E-state index contributed by atoms with van der Waals surface area (Å²) < 4.78 is 24.2. The molecule has 0 unspecified atom stereocenters. The van der Waals surface area contributed by atoms with E-state index in [0.717, 1.165) is 131 Å². The third-order valence-electron chi connectivity index (χ3n) is 21.7. The average Bonchev–Trinajstić information content (AvgIpc) is 1.49. The minimum Gasteiger partial charge on any atom is -0.456 e. The molecule has 0 bridgehead atoms. The van der Waals surface area contributed by atoms with Gasteiger partial charge in [0.05, 0.1) is 52.2 Å². The van der Waals surface area contributed by atoms with Gasteiger partial charge in [-0.3, -0.25) is 9.97 Å². The second-order valence-corrected chi connectivity index (χ2v) is 28.7. The Hall–Kier alpha value is -12.5. The summed E-state index contributed by atoms with van der Waals surface area (Å²) in [6.45, 7) is 0. The van der Waals surface area contributed by atoms with Gasteiger partial charge in [0.15, 0.2) is 0 Å². The van der Waals surface area contributed by atoms with Crippen LogP contribution in [0, 0.1) is 0 Å². The third kappa shape index (κ3) is 6.70. The molecule has 0 aliphatic carbocycles. The molecule has 6 nitrogen and oxygen atoms in total. The Labute approximate surface area is 563 Å². The summed E-state index contributed by atoms with van der Waals surface area (Å²) in [5.74, 6) is 0. The molecule has 6 aromatic heterocycles. The highest BCUT2D eigenvalue weighted by molar-refractivity contribution is 7.25. The highest BCUT2D eigenvalue weighted by atomic mass is 32.1. The van der Waals surface area contributed by atoms with Crippen molar-refractivity contribution in [3.63, 3.8) is 0 Å². The van der Waals surface area contributed by atoms with Gasteiger partial charge in [0.1, 0.15) is 22.3 Å². The zero-order valence-corrected chi connectivity index (χ0v) is 53.6. The first-order chi connectivity index (χ1) is 48.6. The van der Waals surface area contributed by atoms with E-state index >= 15 is 0 Å². The first kappa shape index (κ1) is 51.9. The molecule has 0 aliphatic rings. The predicted molar refractivity (Wildman–Crippen MR) is 416 cm³/mol. The normalized spacial score (nSPS) is 12.7. The monoisotopic (exact) mass is 1280 g/mol. The van der Waals surface area contributed by atoms with Gasteiger partial charge in [-0.2, -0.15) is 0 Å². The SMILES string of the molecule is c1cncc(-c2cc(-n3c4ccccc4sc4cc5c(cc43)oc3cc4c6cccc7cccc(c8cccc(c35)c84)c76)c3ccc4c(-c5cccnc5)cc(-n5c6ccccc6sc6cc7c(cc65)oc5cc6c8cccc9cccc(c%10cccc(c57)c%106)c98)c5ccc2c3c45)c1. The fourth-order valence-electron chi connectivity index (χ4n) is 17.8. The van der Waals surface area contributed by atoms with E-state index in [1.54, 1.807) is 0 Å². The lowest BCUT2D eigenvalue weighted by atomic mass is 9.86. The van der Waals surface area contributed by atoms with Gasteiger partial charge < -0.3 is 18.0 Å². The molecule has 0 atom stereocenters. The number of hydrogen-bond donors (Lipinski definition) is 0. The number of nitrogens with zero attached hydrogens (tertiary/aromatic N) is 4. The van der Waals surface area contributed by atoms with Crippen molar-refractivity contribution < 1.29 is 8.83 Å². The van der Waals surface area contributed by atoms with Crippen LogP contribution in [0.1, 0.15) is 0 Å². The lowest BCUT2D eigenvalue weighted by Crippen LogP contribution is -2.04. The number of fused-ring (bicyclic) bond motifs is 16. The zero-order valence-electron chi connectivity index (χ0n) is 52.0. The fourth-order valence-corrected chi connectivity index (χ4v) is 20.0. The van der Waals surface area contributed by atoms with Gasteiger partial charge in [-0.15, -0.1) is 22.7 Å². The largest absolute Gasteiger partial charge is 0.456 e. The topological polar surface area (TPSA) is 61.9 Å². The number of aromatic nitrogens is 4. The van der Waals surface area contributed by atoms with Gasteiger partial charge in [0.25, 0.3) is 0 Å². The maximum absolute atomic E-state index is 7.27. The molecule has 18 aromatic carbocycles. The van der Waals surface area contributed by atoms with E-state index in [4.69, 9.17) is 18.8 Å². The van der Waals surface area contributed by atoms with Crippen LogP contribution in [0.25, 0.3) is 237 Å². The molecule has 0 saturated heterocycles. The maximum Gasteiger partial charge on any atom is 0.137 e. The molecule has 24 aromatic rings. The van der Waals surface area contributed by atoms with Crippen LogP contribution in [-0.4, -0.2) is 19.1 Å². The number of para-hydroxylation sites is 2. The van der Waals surface area contributed by atoms with E-state index in [2.05, 4.69) is 264 Å². The molecule has 6 heterocycles. The zero-order chi connectivity index (χ0) is 63.3. The highest BCUT2D eigenvalue weighted by Crippen LogP contribution is 2.53. The minimum absolute atomic E-state index is 0.847. The number of furan rings is 2. The van der Waals surface area contributed by atoms with Gasteiger partial charge in [0.2, 0.25) is 0 Å². The number of benzene rings is 18. The fraction of sp³-hybridized carbons (Fsp3) is 0. The summed E-state index contributed by atoms with van der Waals surface area (Å²) in [5, 5.41) is 31.4. The van der Waals surface area contributed by atoms with Gasteiger partial charge in [-0.1, -0.05) is 170 Å². The third-order valence-corrected chi connectivity index (χ3v) is 24.0. The Kier molecular flexibility index (Phi) is 9.91. The molecular formula is C90H46N4O2S2. The summed E-state index contributed by atoms with van der Waals surface area (Å²) in [5.41, 5.74) is 14.2. The number of pyridine rings is 2. The first-order valence-electron chi connectivity index (χ1n) is 33.3. The van der Waals surface area contributed by atoms with Gasteiger partial charge in [0, 0.05) is 91.1 Å². The summed E-state index contributed by atoms with van der Waals surface area (Å²) in [4.78, 5) is 9.61. The van der Waals surface area contributed by atoms with Crippen molar-refractivity contribution in [2.24, 2.45) is 0 Å². The standard InChI is InChI=1S/C90H46N4O2S2/c1-3-29-79-69(27-1)93(73-43-75-67(41-81(73)97-79)87-61-25-9-23-53-51-19-5-13-47-15-7-21-55(83(47)51)65(85(53)61)39-77(87)95-75)71-37-63(49-17-11-35-91-45-49)57-32-34-60-72(38-64(50-18-12-36-92-46-50)58-31-33-59(71)89(57)90(58)60)94-70-28-2-4-30-80(70)98-82-42-68-76(44-74(82)94)96-78-40-66-56-22-8-16-48-14-6-20-52(84(48)56)54-24-10-26-62(86(54)66)88(68)78/h1-46H. The molecule has 0 spiro atoms. The Bertz CT molecular complexity index is 7270. The van der Waals surface area contributed by atoms with Crippen molar-refractivity contribution in [3.8, 4) is 33.6 Å². The predicted octanol–water partition coefficient (Wildman–Crippen LogP) is 26.0. The minimum atomic E-state index is 0.847. The van der Waals surface area contributed by atoms with E-state index in [1.165, 1.54) is 106 Å². The van der Waals surface area contributed by atoms with Crippen LogP contribution >= 0.6 is 22.7 Å². The van der Waals surface area contributed by atoms with Crippen LogP contribution in [0.2, 0.25) is 0 Å². The molecule has 0 aliphatic heterocycles. The Morgan fingerprint density at radius 3 is 1.08 bits per heavy atom. The van der Waals surface area contributed by atoms with Crippen LogP contribution in [0.4, 0.5) is 0 Å². The van der Waals surface area contributed by atoms with Crippen LogP contribution < -0.4 is 0 Å². The Morgan fingerprint density at radius 2 is 0.643 bits per heavy atom. The maximum atomic E-state index is 7.27. The summed E-state index contributed by atoms with van der Waals surface area (Å²) in [7, 11) is 0. The molecule has 0 fully saturated rings. The molecule has 0 saturated carbocycles. The van der Waals surface area contributed by atoms with Gasteiger partial charge in [-0.25, -0.2) is 0 Å². The van der Waals surface area contributed by atoms with Crippen molar-refractivity contribution in [2.75, 3.05) is 0 Å². The smallest absolute Gasteiger partial charge is 0.137 e. The second-order valence-electron chi connectivity index (χ2n) is 26.6. The quantitative estimate of drug-likeness (QED) is 0.130. The molecule has 0 radical (unpaired) electrons. The highest BCUT2D eigenvalue weighted by Gasteiger charge is 2.27. The van der Waals surface area contributed by atoms with Crippen LogP contribution in [0.3, 0.4) is 0 Å². The summed E-state index contributed by atoms with van der Waals surface area (Å²) in [6, 6.07) is 95.1. The number of hydrogen-bond acceptors (Lipinski definition) is 6. The van der Waals surface area contributed by atoms with Crippen LogP contribution in [-0.2, 0) is 0 Å². The van der Waals surface area contributed by atoms with Crippen molar-refractivity contribution in [2.45, 2.75) is 0 Å². The molecule has 98 heavy (non-hydrogen) atoms. The first-order valence-corrected chi connectivity index (χ1v) is 34.9. The van der Waals surface area contributed by atoms with E-state index in [0.29, 0.717) is 0 Å². The van der Waals surface area contributed by atoms with E-state index in [-0.39, 0.29) is 0 Å². The molecule has 24 rings (SSSR count). The lowest BCUT2D eigenvalue weighted by molar-refractivity contribution is 0.669. The van der Waals surface area contributed by atoms with Crippen molar-refractivity contribution in [3.05, 3.63) is 280 Å². The molecule has 0 amide bonds. The molecular weight excluding hydrogens is 1230 g/mol. The van der Waals surface area contributed by atoms with Gasteiger partial charge >= 0.3 is 0 Å². The molecule has 8 heteroatoms. The van der Waals surface area contributed by atoms with Crippen molar-refractivity contribution in [1.82, 2.24) is 19.1 Å². The van der Waals surface area contributed by atoms with E-state index in [9.17, 15) is 0 Å². The lowest BCUT2D eigenvalue weighted by Gasteiger charge is -2.24. The summed E-state index contributed by atoms with van der Waals surface area (Å²) >= 11 is 3.67.